The van der Waals surface area contributed by atoms with Crippen molar-refractivity contribution in [2.45, 2.75) is 26.2 Å². The Balaban J connectivity index is 1.85. The molecule has 122 valence electrons. The van der Waals surface area contributed by atoms with Crippen LogP contribution in [-0.2, 0) is 11.2 Å². The summed E-state index contributed by atoms with van der Waals surface area (Å²) in [7, 11) is 0. The van der Waals surface area contributed by atoms with Gasteiger partial charge >= 0.3 is 0 Å². The molecule has 1 heterocycles. The maximum Gasteiger partial charge on any atom is 0.232 e. The number of nitrogens with zero attached hydrogens (tertiary/aromatic N) is 4. The molecule has 1 amide bonds. The number of tetrazole rings is 1. The lowest BCUT2D eigenvalue weighted by Gasteiger charge is -2.18. The van der Waals surface area contributed by atoms with E-state index in [9.17, 15) is 4.79 Å². The van der Waals surface area contributed by atoms with Gasteiger partial charge in [-0.3, -0.25) is 15.1 Å². The number of rotatable bonds is 5. The molecule has 2 aromatic carbocycles. The summed E-state index contributed by atoms with van der Waals surface area (Å²) in [5, 5.41) is 17.8. The van der Waals surface area contributed by atoms with Crippen molar-refractivity contribution in [2.75, 3.05) is 5.32 Å². The average molecular weight is 320 g/mol. The Kier molecular flexibility index (Phi) is 4.65. The summed E-state index contributed by atoms with van der Waals surface area (Å²) >= 11 is 0. The summed E-state index contributed by atoms with van der Waals surface area (Å²) < 4.78 is 0. The zero-order valence-electron chi connectivity index (χ0n) is 13.6. The van der Waals surface area contributed by atoms with Crippen LogP contribution in [0.3, 0.4) is 0 Å². The van der Waals surface area contributed by atoms with E-state index in [-0.39, 0.29) is 5.91 Å². The molecule has 0 aliphatic rings. The Labute approximate surface area is 140 Å². The van der Waals surface area contributed by atoms with Crippen LogP contribution in [0, 0.1) is 13.8 Å². The predicted octanol–water partition coefficient (Wildman–Crippen LogP) is 2.41. The quantitative estimate of drug-likeness (QED) is 0.780. The van der Waals surface area contributed by atoms with Gasteiger partial charge in [-0.2, -0.15) is 5.21 Å². The van der Waals surface area contributed by atoms with Crippen molar-refractivity contribution in [1.29, 1.82) is 0 Å². The number of hydrogen-bond acceptors (Lipinski definition) is 4. The molecule has 0 bridgehead atoms. The van der Waals surface area contributed by atoms with Gasteiger partial charge in [-0.15, -0.1) is 0 Å². The molecule has 0 aliphatic heterocycles. The fourth-order valence-electron chi connectivity index (χ4n) is 2.55. The average Bonchev–Trinajstić information content (AvgIpc) is 3.12. The second-order valence-electron chi connectivity index (χ2n) is 5.72. The Morgan fingerprint density at radius 3 is 2.62 bits per heavy atom. The SMILES string of the molecule is Cc1cccc(NC(=O)[C@@H](Cc2ccccc2)c2nnn[n-]2)c1C. The molecule has 0 saturated heterocycles. The number of aromatic nitrogens is 4. The highest BCUT2D eigenvalue weighted by Crippen LogP contribution is 2.22. The Morgan fingerprint density at radius 1 is 1.12 bits per heavy atom. The number of carbonyl (C=O) groups is 1. The zero-order valence-corrected chi connectivity index (χ0v) is 13.6. The van der Waals surface area contributed by atoms with Crippen molar-refractivity contribution in [2.24, 2.45) is 0 Å². The van der Waals surface area contributed by atoms with E-state index in [1.165, 1.54) is 0 Å². The summed E-state index contributed by atoms with van der Waals surface area (Å²) in [6, 6.07) is 15.6. The molecule has 0 fully saturated rings. The highest BCUT2D eigenvalue weighted by atomic mass is 16.1. The largest absolute Gasteiger partial charge is 0.335 e. The van der Waals surface area contributed by atoms with Crippen LogP contribution in [0.15, 0.2) is 48.5 Å². The standard InChI is InChI=1S/C18H19N5O/c1-12-7-6-10-16(13(12)2)19-18(24)15(17-20-22-23-21-17)11-14-8-4-3-5-9-14/h3-10,15H,11H2,1-2H3,(H2,19,20,21,22,23,24)/p-1/t15-/m0/s1. The van der Waals surface area contributed by atoms with Crippen LogP contribution >= 0.6 is 0 Å². The highest BCUT2D eigenvalue weighted by Gasteiger charge is 2.21. The Morgan fingerprint density at radius 2 is 1.92 bits per heavy atom. The molecule has 1 atom stereocenters. The van der Waals surface area contributed by atoms with Crippen LogP contribution in [0.5, 0.6) is 0 Å². The molecule has 0 spiro atoms. The smallest absolute Gasteiger partial charge is 0.232 e. The summed E-state index contributed by atoms with van der Waals surface area (Å²) in [5.41, 5.74) is 4.00. The first-order chi connectivity index (χ1) is 11.6. The van der Waals surface area contributed by atoms with E-state index in [1.54, 1.807) is 0 Å². The highest BCUT2D eigenvalue weighted by molar-refractivity contribution is 5.96. The maximum absolute atomic E-state index is 12.8. The number of hydrogen-bond donors (Lipinski definition) is 1. The van der Waals surface area contributed by atoms with E-state index in [2.05, 4.69) is 25.9 Å². The van der Waals surface area contributed by atoms with Crippen LogP contribution in [-0.4, -0.2) is 21.4 Å². The molecule has 0 unspecified atom stereocenters. The molecule has 0 aliphatic carbocycles. The van der Waals surface area contributed by atoms with Crippen LogP contribution in [0.1, 0.15) is 28.4 Å². The third-order valence-corrected chi connectivity index (χ3v) is 4.11. The van der Waals surface area contributed by atoms with E-state index in [0.717, 1.165) is 22.4 Å². The topological polar surface area (TPSA) is 81.9 Å². The fraction of sp³-hybridized carbons (Fsp3) is 0.222. The van der Waals surface area contributed by atoms with E-state index in [1.807, 2.05) is 62.4 Å². The van der Waals surface area contributed by atoms with Gasteiger partial charge < -0.3 is 10.4 Å². The minimum absolute atomic E-state index is 0.164. The van der Waals surface area contributed by atoms with Crippen LogP contribution in [0.2, 0.25) is 0 Å². The number of nitrogens with one attached hydrogen (secondary N) is 1. The van der Waals surface area contributed by atoms with Crippen molar-refractivity contribution < 1.29 is 4.79 Å². The number of benzene rings is 2. The fourth-order valence-corrected chi connectivity index (χ4v) is 2.55. The number of aryl methyl sites for hydroxylation is 1. The van der Waals surface area contributed by atoms with Crippen molar-refractivity contribution in [3.8, 4) is 0 Å². The number of anilines is 1. The van der Waals surface area contributed by atoms with Crippen molar-refractivity contribution in [1.82, 2.24) is 20.6 Å². The van der Waals surface area contributed by atoms with E-state index < -0.39 is 5.92 Å². The minimum atomic E-state index is -0.540. The molecular weight excluding hydrogens is 302 g/mol. The lowest BCUT2D eigenvalue weighted by molar-refractivity contribution is -0.117. The molecule has 1 aromatic heterocycles. The van der Waals surface area contributed by atoms with Crippen LogP contribution < -0.4 is 10.4 Å². The minimum Gasteiger partial charge on any atom is -0.335 e. The molecule has 24 heavy (non-hydrogen) atoms. The van der Waals surface area contributed by atoms with Gasteiger partial charge in [0, 0.05) is 11.5 Å². The maximum atomic E-state index is 12.8. The summed E-state index contributed by atoms with van der Waals surface area (Å²) in [6.45, 7) is 4.00. The number of amides is 1. The summed E-state index contributed by atoms with van der Waals surface area (Å²) in [6.07, 6.45) is 0.491. The van der Waals surface area contributed by atoms with E-state index >= 15 is 0 Å². The van der Waals surface area contributed by atoms with Crippen molar-refractivity contribution in [3.05, 3.63) is 71.0 Å². The monoisotopic (exact) mass is 320 g/mol. The van der Waals surface area contributed by atoms with Crippen molar-refractivity contribution >= 4 is 11.6 Å². The third kappa shape index (κ3) is 3.48. The molecule has 1 N–H and O–H groups in total. The van der Waals surface area contributed by atoms with Gasteiger partial charge in [-0.1, -0.05) is 42.5 Å². The van der Waals surface area contributed by atoms with Gasteiger partial charge in [0.1, 0.15) is 0 Å². The summed E-state index contributed by atoms with van der Waals surface area (Å²) in [4.78, 5) is 12.8. The second kappa shape index (κ2) is 7.04. The molecule has 3 rings (SSSR count). The lowest BCUT2D eigenvalue weighted by Crippen LogP contribution is -2.25. The van der Waals surface area contributed by atoms with Crippen molar-refractivity contribution in [3.63, 3.8) is 0 Å². The first kappa shape index (κ1) is 15.9. The Hall–Kier alpha value is -3.02. The molecule has 0 radical (unpaired) electrons. The molecule has 3 aromatic rings. The normalized spacial score (nSPS) is 11.9. The van der Waals surface area contributed by atoms with Gasteiger partial charge in [-0.25, -0.2) is 0 Å². The predicted molar refractivity (Wildman–Crippen MR) is 90.6 cm³/mol. The third-order valence-electron chi connectivity index (χ3n) is 4.11. The van der Waals surface area contributed by atoms with Gasteiger partial charge in [0.05, 0.1) is 5.92 Å². The molecular formula is C18H18N5O-. The first-order valence-corrected chi connectivity index (χ1v) is 7.75. The van der Waals surface area contributed by atoms with Crippen LogP contribution in [0.25, 0.3) is 0 Å². The molecule has 6 heteroatoms. The zero-order chi connectivity index (χ0) is 16.9. The summed E-state index contributed by atoms with van der Waals surface area (Å²) in [5.74, 6) is -0.369. The molecule has 0 saturated carbocycles. The lowest BCUT2D eigenvalue weighted by atomic mass is 9.97. The Bertz CT molecular complexity index is 815. The van der Waals surface area contributed by atoms with Gasteiger partial charge in [0.2, 0.25) is 5.91 Å². The van der Waals surface area contributed by atoms with Gasteiger partial charge in [0.15, 0.2) is 0 Å². The molecule has 6 nitrogen and oxygen atoms in total. The first-order valence-electron chi connectivity index (χ1n) is 7.75. The number of carbonyl (C=O) groups excluding carboxylic acids is 1. The van der Waals surface area contributed by atoms with E-state index in [0.29, 0.717) is 12.2 Å². The van der Waals surface area contributed by atoms with Gasteiger partial charge in [-0.05, 0) is 43.0 Å². The van der Waals surface area contributed by atoms with E-state index in [4.69, 9.17) is 0 Å². The van der Waals surface area contributed by atoms with Gasteiger partial charge in [0.25, 0.3) is 0 Å². The van der Waals surface area contributed by atoms with Crippen LogP contribution in [0.4, 0.5) is 5.69 Å². The second-order valence-corrected chi connectivity index (χ2v) is 5.72.